The van der Waals surface area contributed by atoms with Crippen molar-refractivity contribution in [1.82, 2.24) is 9.55 Å². The SMILES string of the molecule is Cc1ccc(NC(=S)N2CCn3c2nc2ccccc23)cc1C. The Morgan fingerprint density at radius 1 is 1.09 bits per heavy atom. The number of hydrogen-bond acceptors (Lipinski definition) is 2. The Hall–Kier alpha value is -2.40. The molecule has 116 valence electrons. The number of rotatable bonds is 1. The van der Waals surface area contributed by atoms with E-state index in [1.54, 1.807) is 0 Å². The number of imidazole rings is 1. The molecule has 1 aliphatic rings. The van der Waals surface area contributed by atoms with Crippen LogP contribution in [0.3, 0.4) is 0 Å². The summed E-state index contributed by atoms with van der Waals surface area (Å²) < 4.78 is 2.23. The highest BCUT2D eigenvalue weighted by Crippen LogP contribution is 2.27. The normalized spacial score (nSPS) is 13.4. The van der Waals surface area contributed by atoms with Gasteiger partial charge in [-0.25, -0.2) is 4.98 Å². The van der Waals surface area contributed by atoms with E-state index in [-0.39, 0.29) is 0 Å². The molecule has 5 heteroatoms. The molecule has 2 heterocycles. The third-order valence-corrected chi connectivity index (χ3v) is 4.75. The molecule has 0 fully saturated rings. The predicted molar refractivity (Wildman–Crippen MR) is 99.2 cm³/mol. The summed E-state index contributed by atoms with van der Waals surface area (Å²) in [5.41, 5.74) is 5.74. The molecule has 1 N–H and O–H groups in total. The maximum absolute atomic E-state index is 5.61. The van der Waals surface area contributed by atoms with Gasteiger partial charge in [-0.05, 0) is 61.5 Å². The molecule has 1 aliphatic heterocycles. The van der Waals surface area contributed by atoms with Crippen molar-refractivity contribution >= 4 is 40.0 Å². The van der Waals surface area contributed by atoms with Crippen LogP contribution in [0, 0.1) is 13.8 Å². The molecule has 0 spiro atoms. The lowest BCUT2D eigenvalue weighted by atomic mass is 10.1. The molecule has 0 saturated heterocycles. The van der Waals surface area contributed by atoms with Crippen molar-refractivity contribution in [3.05, 3.63) is 53.6 Å². The van der Waals surface area contributed by atoms with Crippen LogP contribution in [0.25, 0.3) is 11.0 Å². The number of fused-ring (bicyclic) bond motifs is 3. The van der Waals surface area contributed by atoms with Crippen LogP contribution in [0.15, 0.2) is 42.5 Å². The van der Waals surface area contributed by atoms with Crippen LogP contribution >= 0.6 is 12.2 Å². The number of nitrogens with zero attached hydrogens (tertiary/aromatic N) is 3. The predicted octanol–water partition coefficient (Wildman–Crippen LogP) is 3.87. The lowest BCUT2D eigenvalue weighted by Gasteiger charge is -2.18. The second-order valence-corrected chi connectivity index (χ2v) is 6.32. The van der Waals surface area contributed by atoms with E-state index >= 15 is 0 Å². The molecule has 2 aromatic carbocycles. The van der Waals surface area contributed by atoms with Gasteiger partial charge in [0.15, 0.2) is 5.11 Å². The van der Waals surface area contributed by atoms with Crippen LogP contribution < -0.4 is 10.2 Å². The van der Waals surface area contributed by atoms with Crippen molar-refractivity contribution in [3.8, 4) is 0 Å². The summed E-state index contributed by atoms with van der Waals surface area (Å²) in [6.45, 7) is 5.98. The minimum absolute atomic E-state index is 0.697. The van der Waals surface area contributed by atoms with Gasteiger partial charge in [0.25, 0.3) is 0 Å². The van der Waals surface area contributed by atoms with Gasteiger partial charge in [-0.3, -0.25) is 4.90 Å². The lowest BCUT2D eigenvalue weighted by molar-refractivity contribution is 0.829. The molecule has 0 saturated carbocycles. The molecule has 0 atom stereocenters. The van der Waals surface area contributed by atoms with Gasteiger partial charge in [-0.2, -0.15) is 0 Å². The standard InChI is InChI=1S/C18H18N4S/c1-12-7-8-14(11-13(12)2)19-18(23)22-10-9-21-16-6-4-3-5-15(16)20-17(21)22/h3-8,11H,9-10H2,1-2H3,(H,19,23). The number of thiocarbonyl (C=S) groups is 1. The van der Waals surface area contributed by atoms with Crippen molar-refractivity contribution in [3.63, 3.8) is 0 Å². The highest BCUT2D eigenvalue weighted by Gasteiger charge is 2.26. The second-order valence-electron chi connectivity index (χ2n) is 5.93. The summed E-state index contributed by atoms with van der Waals surface area (Å²) >= 11 is 5.61. The minimum Gasteiger partial charge on any atom is -0.332 e. The van der Waals surface area contributed by atoms with Gasteiger partial charge in [0.05, 0.1) is 11.0 Å². The molecule has 4 nitrogen and oxygen atoms in total. The fraction of sp³-hybridized carbons (Fsp3) is 0.222. The van der Waals surface area contributed by atoms with E-state index in [2.05, 4.69) is 52.9 Å². The van der Waals surface area contributed by atoms with E-state index in [0.29, 0.717) is 5.11 Å². The van der Waals surface area contributed by atoms with Crippen LogP contribution in [0.4, 0.5) is 11.6 Å². The fourth-order valence-corrected chi connectivity index (χ4v) is 3.28. The number of anilines is 2. The molecule has 0 bridgehead atoms. The van der Waals surface area contributed by atoms with Gasteiger partial charge in [0, 0.05) is 18.8 Å². The van der Waals surface area contributed by atoms with Crippen molar-refractivity contribution in [2.45, 2.75) is 20.4 Å². The van der Waals surface area contributed by atoms with Crippen LogP contribution in [0.2, 0.25) is 0 Å². The molecular formula is C18H18N4S. The summed E-state index contributed by atoms with van der Waals surface area (Å²) in [7, 11) is 0. The van der Waals surface area contributed by atoms with Crippen molar-refractivity contribution < 1.29 is 0 Å². The topological polar surface area (TPSA) is 33.1 Å². The molecule has 0 amide bonds. The van der Waals surface area contributed by atoms with Crippen molar-refractivity contribution in [2.24, 2.45) is 0 Å². The quantitative estimate of drug-likeness (QED) is 0.690. The Kier molecular flexibility index (Phi) is 3.31. The lowest BCUT2D eigenvalue weighted by Crippen LogP contribution is -2.33. The van der Waals surface area contributed by atoms with Crippen molar-refractivity contribution in [1.29, 1.82) is 0 Å². The van der Waals surface area contributed by atoms with E-state index in [9.17, 15) is 0 Å². The van der Waals surface area contributed by atoms with Gasteiger partial charge < -0.3 is 9.88 Å². The number of benzene rings is 2. The maximum Gasteiger partial charge on any atom is 0.213 e. The molecule has 1 aromatic heterocycles. The number of nitrogens with one attached hydrogen (secondary N) is 1. The van der Waals surface area contributed by atoms with Gasteiger partial charge in [0.2, 0.25) is 5.95 Å². The highest BCUT2D eigenvalue weighted by atomic mass is 32.1. The molecular weight excluding hydrogens is 304 g/mol. The third-order valence-electron chi connectivity index (χ3n) is 4.43. The zero-order valence-electron chi connectivity index (χ0n) is 13.2. The van der Waals surface area contributed by atoms with E-state index in [4.69, 9.17) is 17.2 Å². The Morgan fingerprint density at radius 2 is 1.91 bits per heavy atom. The third kappa shape index (κ3) is 2.37. The summed E-state index contributed by atoms with van der Waals surface area (Å²) in [6.07, 6.45) is 0. The first kappa shape index (κ1) is 14.2. The van der Waals surface area contributed by atoms with Crippen LogP contribution in [0.5, 0.6) is 0 Å². The molecule has 4 rings (SSSR count). The summed E-state index contributed by atoms with van der Waals surface area (Å²) in [5.74, 6) is 0.924. The number of para-hydroxylation sites is 2. The highest BCUT2D eigenvalue weighted by molar-refractivity contribution is 7.80. The van der Waals surface area contributed by atoms with Crippen molar-refractivity contribution in [2.75, 3.05) is 16.8 Å². The Morgan fingerprint density at radius 3 is 2.74 bits per heavy atom. The average Bonchev–Trinajstić information content (AvgIpc) is 3.09. The van der Waals surface area contributed by atoms with Crippen LogP contribution in [0.1, 0.15) is 11.1 Å². The van der Waals surface area contributed by atoms with Crippen LogP contribution in [-0.4, -0.2) is 21.2 Å². The van der Waals surface area contributed by atoms with E-state index in [1.165, 1.54) is 16.6 Å². The summed E-state index contributed by atoms with van der Waals surface area (Å²) in [6, 6.07) is 14.5. The zero-order chi connectivity index (χ0) is 16.0. The van der Waals surface area contributed by atoms with E-state index in [0.717, 1.165) is 30.2 Å². The largest absolute Gasteiger partial charge is 0.332 e. The first-order chi connectivity index (χ1) is 11.1. The molecule has 23 heavy (non-hydrogen) atoms. The summed E-state index contributed by atoms with van der Waals surface area (Å²) in [4.78, 5) is 6.80. The Balaban J connectivity index is 1.62. The molecule has 3 aromatic rings. The van der Waals surface area contributed by atoms with Gasteiger partial charge in [0.1, 0.15) is 0 Å². The molecule has 0 unspecified atom stereocenters. The first-order valence-corrected chi connectivity index (χ1v) is 8.15. The maximum atomic E-state index is 5.61. The zero-order valence-corrected chi connectivity index (χ0v) is 14.0. The Bertz CT molecular complexity index is 913. The van der Waals surface area contributed by atoms with Gasteiger partial charge >= 0.3 is 0 Å². The monoisotopic (exact) mass is 322 g/mol. The number of hydrogen-bond donors (Lipinski definition) is 1. The number of aromatic nitrogens is 2. The fourth-order valence-electron chi connectivity index (χ4n) is 2.99. The first-order valence-electron chi connectivity index (χ1n) is 7.74. The number of aryl methyl sites for hydroxylation is 2. The average molecular weight is 322 g/mol. The molecule has 0 radical (unpaired) electrons. The Labute approximate surface area is 140 Å². The van der Waals surface area contributed by atoms with Gasteiger partial charge in [-0.1, -0.05) is 18.2 Å². The van der Waals surface area contributed by atoms with E-state index < -0.39 is 0 Å². The smallest absolute Gasteiger partial charge is 0.213 e. The summed E-state index contributed by atoms with van der Waals surface area (Å²) in [5, 5.41) is 4.04. The minimum atomic E-state index is 0.697. The van der Waals surface area contributed by atoms with Crippen LogP contribution in [-0.2, 0) is 6.54 Å². The van der Waals surface area contributed by atoms with E-state index in [1.807, 2.05) is 18.2 Å². The second kappa shape index (κ2) is 5.35. The van der Waals surface area contributed by atoms with Gasteiger partial charge in [-0.15, -0.1) is 0 Å². The molecule has 0 aliphatic carbocycles.